The molecule has 0 spiro atoms. The number of rotatable bonds is 5. The van der Waals surface area contributed by atoms with Gasteiger partial charge in [0.2, 0.25) is 0 Å². The van der Waals surface area contributed by atoms with Gasteiger partial charge in [-0.25, -0.2) is 4.98 Å². The largest absolute Gasteiger partial charge is 0.313 e. The molecule has 3 nitrogen and oxygen atoms in total. The van der Waals surface area contributed by atoms with Crippen molar-refractivity contribution in [3.8, 4) is 0 Å². The summed E-state index contributed by atoms with van der Waals surface area (Å²) in [5.74, 6) is 0. The predicted octanol–water partition coefficient (Wildman–Crippen LogP) is 2.07. The minimum absolute atomic E-state index is 0.701. The topological polar surface area (TPSA) is 28.2 Å². The molecule has 96 valence electrons. The van der Waals surface area contributed by atoms with Gasteiger partial charge in [0, 0.05) is 36.6 Å². The number of thiazole rings is 1. The second kappa shape index (κ2) is 6.47. The first-order valence-corrected chi connectivity index (χ1v) is 7.52. The van der Waals surface area contributed by atoms with Crippen molar-refractivity contribution in [3.63, 3.8) is 0 Å². The van der Waals surface area contributed by atoms with Crippen molar-refractivity contribution in [2.24, 2.45) is 0 Å². The molecule has 1 fully saturated rings. The van der Waals surface area contributed by atoms with E-state index in [4.69, 9.17) is 0 Å². The molecule has 4 heteroatoms. The normalized spacial score (nSPS) is 21.9. The summed E-state index contributed by atoms with van der Waals surface area (Å²) in [4.78, 5) is 7.10. The van der Waals surface area contributed by atoms with E-state index in [1.165, 1.54) is 30.9 Å². The summed E-state index contributed by atoms with van der Waals surface area (Å²) < 4.78 is 0. The summed E-state index contributed by atoms with van der Waals surface area (Å²) in [7, 11) is 0. The highest BCUT2D eigenvalue weighted by molar-refractivity contribution is 7.09. The maximum Gasteiger partial charge on any atom is 0.0940 e. The highest BCUT2D eigenvalue weighted by Crippen LogP contribution is 2.13. The summed E-state index contributed by atoms with van der Waals surface area (Å²) in [6.07, 6.45) is 3.77. The smallest absolute Gasteiger partial charge is 0.0940 e. The summed E-state index contributed by atoms with van der Waals surface area (Å²) in [5.41, 5.74) is 1.16. The fourth-order valence-electron chi connectivity index (χ4n) is 2.49. The first kappa shape index (κ1) is 13.0. The van der Waals surface area contributed by atoms with Crippen molar-refractivity contribution < 1.29 is 0 Å². The molecule has 0 aromatic carbocycles. The molecule has 1 aliphatic rings. The molecular formula is C13H23N3S. The number of likely N-dealkylation sites (N-methyl/N-ethyl adjacent to an activating group) is 1. The maximum atomic E-state index is 4.53. The molecule has 0 bridgehead atoms. The lowest BCUT2D eigenvalue weighted by Crippen LogP contribution is -2.46. The molecule has 17 heavy (non-hydrogen) atoms. The monoisotopic (exact) mass is 253 g/mol. The highest BCUT2D eigenvalue weighted by Gasteiger charge is 2.18. The van der Waals surface area contributed by atoms with E-state index in [9.17, 15) is 0 Å². The fourth-order valence-corrected chi connectivity index (χ4v) is 3.25. The highest BCUT2D eigenvalue weighted by atomic mass is 32.1. The second-order valence-corrected chi connectivity index (χ2v) is 5.77. The number of hydrogen-bond donors (Lipinski definition) is 1. The van der Waals surface area contributed by atoms with Gasteiger partial charge in [-0.15, -0.1) is 11.3 Å². The number of nitrogens with zero attached hydrogens (tertiary/aromatic N) is 2. The first-order valence-electron chi connectivity index (χ1n) is 6.64. The third kappa shape index (κ3) is 4.05. The van der Waals surface area contributed by atoms with E-state index in [0.29, 0.717) is 6.04 Å². The van der Waals surface area contributed by atoms with Crippen LogP contribution in [-0.4, -0.2) is 42.1 Å². The van der Waals surface area contributed by atoms with Gasteiger partial charge in [-0.1, -0.05) is 6.92 Å². The Hall–Kier alpha value is -0.450. The quantitative estimate of drug-likeness (QED) is 0.871. The van der Waals surface area contributed by atoms with Gasteiger partial charge in [0.1, 0.15) is 0 Å². The van der Waals surface area contributed by atoms with Crippen LogP contribution < -0.4 is 5.32 Å². The summed E-state index contributed by atoms with van der Waals surface area (Å²) in [5, 5.41) is 6.99. The van der Waals surface area contributed by atoms with Crippen LogP contribution in [0.25, 0.3) is 0 Å². The minimum Gasteiger partial charge on any atom is -0.313 e. The van der Waals surface area contributed by atoms with Gasteiger partial charge in [0.15, 0.2) is 0 Å². The molecule has 1 aliphatic heterocycles. The van der Waals surface area contributed by atoms with Crippen LogP contribution in [0, 0.1) is 6.92 Å². The summed E-state index contributed by atoms with van der Waals surface area (Å²) in [6.45, 7) is 8.98. The fraction of sp³-hybridized carbons (Fsp3) is 0.769. The zero-order valence-electron chi connectivity index (χ0n) is 10.9. The molecule has 2 heterocycles. The number of nitrogens with one attached hydrogen (secondary N) is 1. The number of aromatic nitrogens is 1. The van der Waals surface area contributed by atoms with Crippen molar-refractivity contribution >= 4 is 11.3 Å². The van der Waals surface area contributed by atoms with Crippen LogP contribution in [0.15, 0.2) is 5.38 Å². The average molecular weight is 253 g/mol. The van der Waals surface area contributed by atoms with Crippen molar-refractivity contribution in [2.75, 3.05) is 26.2 Å². The molecule has 1 unspecified atom stereocenters. The third-order valence-corrected chi connectivity index (χ3v) is 4.33. The molecule has 1 saturated heterocycles. The molecule has 0 amide bonds. The van der Waals surface area contributed by atoms with Crippen LogP contribution in [0.2, 0.25) is 0 Å². The van der Waals surface area contributed by atoms with Gasteiger partial charge < -0.3 is 10.2 Å². The Morgan fingerprint density at radius 3 is 3.18 bits per heavy atom. The zero-order valence-corrected chi connectivity index (χ0v) is 11.7. The van der Waals surface area contributed by atoms with Gasteiger partial charge in [-0.3, -0.25) is 0 Å². The molecule has 0 aliphatic carbocycles. The van der Waals surface area contributed by atoms with Gasteiger partial charge in [-0.05, 0) is 32.9 Å². The minimum atomic E-state index is 0.701. The predicted molar refractivity (Wildman–Crippen MR) is 73.7 cm³/mol. The van der Waals surface area contributed by atoms with Crippen molar-refractivity contribution in [3.05, 3.63) is 16.1 Å². The van der Waals surface area contributed by atoms with Crippen molar-refractivity contribution in [1.29, 1.82) is 0 Å². The number of aryl methyl sites for hydroxylation is 1. The maximum absolute atomic E-state index is 4.53. The van der Waals surface area contributed by atoms with Crippen molar-refractivity contribution in [2.45, 2.75) is 39.2 Å². The van der Waals surface area contributed by atoms with Crippen LogP contribution in [-0.2, 0) is 6.42 Å². The zero-order chi connectivity index (χ0) is 12.1. The van der Waals surface area contributed by atoms with E-state index in [1.807, 2.05) is 0 Å². The Labute approximate surface area is 108 Å². The number of hydrogen-bond acceptors (Lipinski definition) is 4. The molecule has 1 aromatic rings. The Kier molecular flexibility index (Phi) is 4.95. The van der Waals surface area contributed by atoms with E-state index >= 15 is 0 Å². The van der Waals surface area contributed by atoms with Gasteiger partial charge in [-0.2, -0.15) is 0 Å². The van der Waals surface area contributed by atoms with E-state index in [-0.39, 0.29) is 0 Å². The van der Waals surface area contributed by atoms with Crippen LogP contribution in [0.5, 0.6) is 0 Å². The van der Waals surface area contributed by atoms with Gasteiger partial charge >= 0.3 is 0 Å². The first-order chi connectivity index (χ1) is 8.28. The molecule has 1 atom stereocenters. The van der Waals surface area contributed by atoms with Crippen LogP contribution >= 0.6 is 11.3 Å². The molecule has 0 saturated carbocycles. The Morgan fingerprint density at radius 2 is 2.47 bits per heavy atom. The van der Waals surface area contributed by atoms with E-state index < -0.39 is 0 Å². The molecule has 2 rings (SSSR count). The van der Waals surface area contributed by atoms with Crippen LogP contribution in [0.1, 0.15) is 30.5 Å². The lowest BCUT2D eigenvalue weighted by molar-refractivity contribution is 0.194. The van der Waals surface area contributed by atoms with E-state index in [0.717, 1.165) is 25.2 Å². The second-order valence-electron chi connectivity index (χ2n) is 4.83. The van der Waals surface area contributed by atoms with Crippen molar-refractivity contribution in [1.82, 2.24) is 15.2 Å². The standard InChI is InChI=1S/C13H23N3S/c1-3-14-12-5-4-7-16(9-12)8-6-13-15-11(2)10-17-13/h10,12,14H,3-9H2,1-2H3. The Balaban J connectivity index is 1.75. The number of piperidine rings is 1. The van der Waals surface area contributed by atoms with E-state index in [1.54, 1.807) is 11.3 Å². The van der Waals surface area contributed by atoms with Crippen LogP contribution in [0.3, 0.4) is 0 Å². The summed E-state index contributed by atoms with van der Waals surface area (Å²) >= 11 is 1.80. The Bertz CT molecular complexity index is 335. The van der Waals surface area contributed by atoms with E-state index in [2.05, 4.69) is 34.4 Å². The SMILES string of the molecule is CCNC1CCCN(CCc2nc(C)cs2)C1. The molecule has 0 radical (unpaired) electrons. The molecule has 1 N–H and O–H groups in total. The van der Waals surface area contributed by atoms with Gasteiger partial charge in [0.25, 0.3) is 0 Å². The third-order valence-electron chi connectivity index (χ3n) is 3.31. The lowest BCUT2D eigenvalue weighted by atomic mass is 10.1. The van der Waals surface area contributed by atoms with Gasteiger partial charge in [0.05, 0.1) is 5.01 Å². The molecular weight excluding hydrogens is 230 g/mol. The Morgan fingerprint density at radius 1 is 1.59 bits per heavy atom. The average Bonchev–Trinajstić information content (AvgIpc) is 2.74. The summed E-state index contributed by atoms with van der Waals surface area (Å²) in [6, 6.07) is 0.701. The molecule has 1 aromatic heterocycles. The number of likely N-dealkylation sites (tertiary alicyclic amines) is 1. The lowest BCUT2D eigenvalue weighted by Gasteiger charge is -2.32. The van der Waals surface area contributed by atoms with Crippen LogP contribution in [0.4, 0.5) is 0 Å².